The number of aryl methyl sites for hydroxylation is 3. The Morgan fingerprint density at radius 3 is 2.54 bits per heavy atom. The van der Waals surface area contributed by atoms with Gasteiger partial charge < -0.3 is 14.6 Å². The van der Waals surface area contributed by atoms with Crippen LogP contribution in [0.2, 0.25) is 0 Å². The minimum atomic E-state index is -1.13. The average molecular weight is 470 g/mol. The summed E-state index contributed by atoms with van der Waals surface area (Å²) in [5.41, 5.74) is 7.07. The first-order valence-corrected chi connectivity index (χ1v) is 12.0. The monoisotopic (exact) mass is 469 g/mol. The van der Waals surface area contributed by atoms with Crippen LogP contribution in [0, 0.1) is 20.8 Å². The van der Waals surface area contributed by atoms with Gasteiger partial charge in [0.15, 0.2) is 6.10 Å². The van der Waals surface area contributed by atoms with Crippen molar-refractivity contribution in [2.24, 2.45) is 0 Å². The second-order valence-corrected chi connectivity index (χ2v) is 10.4. The van der Waals surface area contributed by atoms with Gasteiger partial charge in [0.05, 0.1) is 17.7 Å². The molecule has 0 amide bonds. The zero-order chi connectivity index (χ0) is 25.1. The summed E-state index contributed by atoms with van der Waals surface area (Å²) >= 11 is 0. The van der Waals surface area contributed by atoms with E-state index in [2.05, 4.69) is 32.0 Å². The van der Waals surface area contributed by atoms with Crippen LogP contribution in [0.5, 0.6) is 5.75 Å². The molecule has 0 radical (unpaired) electrons. The molecule has 2 heterocycles. The molecule has 5 rings (SSSR count). The van der Waals surface area contributed by atoms with E-state index in [1.807, 2.05) is 52.1 Å². The van der Waals surface area contributed by atoms with E-state index in [4.69, 9.17) is 14.5 Å². The Balaban J connectivity index is 1.94. The number of hydrogen-bond acceptors (Lipinski definition) is 4. The molecule has 0 saturated heterocycles. The predicted molar refractivity (Wildman–Crippen MR) is 139 cm³/mol. The molecule has 5 nitrogen and oxygen atoms in total. The van der Waals surface area contributed by atoms with Gasteiger partial charge in [-0.3, -0.25) is 4.98 Å². The zero-order valence-corrected chi connectivity index (χ0v) is 21.2. The normalized spacial score (nSPS) is 14.2. The topological polar surface area (TPSA) is 68.7 Å². The highest BCUT2D eigenvalue weighted by molar-refractivity contribution is 6.09. The summed E-state index contributed by atoms with van der Waals surface area (Å²) in [5.74, 6) is -0.184. The van der Waals surface area contributed by atoms with Gasteiger partial charge >= 0.3 is 5.97 Å². The molecule has 3 aromatic carbocycles. The largest absolute Gasteiger partial charge is 0.493 e. The van der Waals surface area contributed by atoms with E-state index in [-0.39, 0.29) is 0 Å². The number of aliphatic carboxylic acids is 1. The van der Waals surface area contributed by atoms with E-state index in [0.717, 1.165) is 50.5 Å². The summed E-state index contributed by atoms with van der Waals surface area (Å²) in [6.07, 6.45) is 1.53. The number of benzene rings is 3. The van der Waals surface area contributed by atoms with Gasteiger partial charge in [0.1, 0.15) is 5.75 Å². The number of ether oxygens (including phenoxy) is 2. The van der Waals surface area contributed by atoms with Gasteiger partial charge in [0.25, 0.3) is 0 Å². The van der Waals surface area contributed by atoms with Crippen LogP contribution in [-0.2, 0) is 16.0 Å². The molecule has 0 bridgehead atoms. The van der Waals surface area contributed by atoms with Crippen LogP contribution in [0.3, 0.4) is 0 Å². The molecule has 1 aromatic heterocycles. The Labute approximate surface area is 205 Å². The second-order valence-electron chi connectivity index (χ2n) is 10.4. The fourth-order valence-electron chi connectivity index (χ4n) is 5.20. The number of carboxylic acid groups (broad SMARTS) is 1. The van der Waals surface area contributed by atoms with Gasteiger partial charge in [0.2, 0.25) is 0 Å². The van der Waals surface area contributed by atoms with Gasteiger partial charge in [-0.2, -0.15) is 0 Å². The van der Waals surface area contributed by atoms with Crippen molar-refractivity contribution < 1.29 is 19.4 Å². The quantitative estimate of drug-likeness (QED) is 0.354. The number of carboxylic acids is 1. The SMILES string of the molecule is Cc1cc2c(C)c(C)ccc2c(-c2ccc3c4c(ccnc24)CCO3)c1C(OC(C)(C)C)C(=O)O. The van der Waals surface area contributed by atoms with Crippen LogP contribution in [0.25, 0.3) is 32.8 Å². The lowest BCUT2D eigenvalue weighted by atomic mass is 9.84. The molecule has 1 aliphatic rings. The van der Waals surface area contributed by atoms with E-state index >= 15 is 0 Å². The van der Waals surface area contributed by atoms with E-state index in [1.165, 1.54) is 16.7 Å². The van der Waals surface area contributed by atoms with Crippen molar-refractivity contribution in [3.8, 4) is 16.9 Å². The smallest absolute Gasteiger partial charge is 0.337 e. The maximum absolute atomic E-state index is 12.6. The third-order valence-corrected chi connectivity index (χ3v) is 6.91. The molecule has 180 valence electrons. The number of carbonyl (C=O) groups is 1. The van der Waals surface area contributed by atoms with Gasteiger partial charge in [0, 0.05) is 29.1 Å². The Hall–Kier alpha value is -3.44. The van der Waals surface area contributed by atoms with E-state index in [0.29, 0.717) is 12.2 Å². The first kappa shape index (κ1) is 23.3. The summed E-state index contributed by atoms with van der Waals surface area (Å²) in [7, 11) is 0. The summed E-state index contributed by atoms with van der Waals surface area (Å²) in [5, 5.41) is 13.5. The Morgan fingerprint density at radius 2 is 1.83 bits per heavy atom. The molecule has 35 heavy (non-hydrogen) atoms. The van der Waals surface area contributed by atoms with Gasteiger partial charge in [-0.05, 0) is 98.3 Å². The van der Waals surface area contributed by atoms with Gasteiger partial charge in [-0.25, -0.2) is 4.79 Å². The van der Waals surface area contributed by atoms with Crippen molar-refractivity contribution in [2.75, 3.05) is 6.61 Å². The molecule has 0 fully saturated rings. The number of fused-ring (bicyclic) bond motifs is 1. The van der Waals surface area contributed by atoms with Crippen LogP contribution in [0.1, 0.15) is 54.7 Å². The molecule has 1 atom stereocenters. The highest BCUT2D eigenvalue weighted by Gasteiger charge is 2.32. The van der Waals surface area contributed by atoms with Crippen molar-refractivity contribution in [2.45, 2.75) is 59.7 Å². The van der Waals surface area contributed by atoms with E-state index < -0.39 is 17.7 Å². The van der Waals surface area contributed by atoms with Gasteiger partial charge in [-0.1, -0.05) is 18.2 Å². The maximum atomic E-state index is 12.6. The molecule has 0 aliphatic carbocycles. The molecule has 0 spiro atoms. The third-order valence-electron chi connectivity index (χ3n) is 6.91. The van der Waals surface area contributed by atoms with Crippen molar-refractivity contribution in [1.82, 2.24) is 4.98 Å². The summed E-state index contributed by atoms with van der Waals surface area (Å²) in [6.45, 7) is 12.5. The number of hydrogen-bond donors (Lipinski definition) is 1. The molecule has 1 aliphatic heterocycles. The lowest BCUT2D eigenvalue weighted by Gasteiger charge is -2.29. The van der Waals surface area contributed by atoms with Crippen LogP contribution in [0.4, 0.5) is 0 Å². The number of pyridine rings is 1. The number of nitrogens with zero attached hydrogens (tertiary/aromatic N) is 1. The van der Waals surface area contributed by atoms with Crippen molar-refractivity contribution in [3.63, 3.8) is 0 Å². The maximum Gasteiger partial charge on any atom is 0.337 e. The number of rotatable bonds is 4. The molecular weight excluding hydrogens is 438 g/mol. The van der Waals surface area contributed by atoms with Crippen molar-refractivity contribution >= 4 is 27.6 Å². The van der Waals surface area contributed by atoms with Crippen LogP contribution < -0.4 is 4.74 Å². The first-order valence-electron chi connectivity index (χ1n) is 12.0. The summed E-state index contributed by atoms with van der Waals surface area (Å²) in [6, 6.07) is 12.3. The number of aromatic nitrogens is 1. The predicted octanol–water partition coefficient (Wildman–Crippen LogP) is 6.86. The lowest BCUT2D eigenvalue weighted by molar-refractivity contribution is -0.160. The molecular formula is C30H31NO4. The lowest BCUT2D eigenvalue weighted by Crippen LogP contribution is -2.28. The fourth-order valence-corrected chi connectivity index (χ4v) is 5.20. The summed E-state index contributed by atoms with van der Waals surface area (Å²) in [4.78, 5) is 17.4. The Kier molecular flexibility index (Phi) is 5.56. The van der Waals surface area contributed by atoms with Crippen LogP contribution in [0.15, 0.2) is 42.6 Å². The van der Waals surface area contributed by atoms with E-state index in [9.17, 15) is 9.90 Å². The minimum absolute atomic E-state index is 0.642. The third kappa shape index (κ3) is 3.94. The molecule has 1 unspecified atom stereocenters. The molecule has 4 aromatic rings. The highest BCUT2D eigenvalue weighted by atomic mass is 16.5. The zero-order valence-electron chi connectivity index (χ0n) is 21.2. The highest BCUT2D eigenvalue weighted by Crippen LogP contribution is 2.45. The molecule has 0 saturated carbocycles. The summed E-state index contributed by atoms with van der Waals surface area (Å²) < 4.78 is 12.1. The standard InChI is InChI=1S/C30H31NO4/c1-16-7-8-20-22(18(16)3)15-17(2)24(28(29(32)33)35-30(4,5)6)26(20)21-9-10-23-25-19(12-14-34-23)11-13-31-27(21)25/h7-11,13,15,28H,12,14H2,1-6H3,(H,32,33). The minimum Gasteiger partial charge on any atom is -0.493 e. The fraction of sp³-hybridized carbons (Fsp3) is 0.333. The van der Waals surface area contributed by atoms with E-state index in [1.54, 1.807) is 0 Å². The van der Waals surface area contributed by atoms with Crippen molar-refractivity contribution in [1.29, 1.82) is 0 Å². The second kappa shape index (κ2) is 8.35. The molecule has 1 N–H and O–H groups in total. The van der Waals surface area contributed by atoms with Gasteiger partial charge in [-0.15, -0.1) is 0 Å². The van der Waals surface area contributed by atoms with Crippen LogP contribution in [-0.4, -0.2) is 28.3 Å². The molecule has 5 heteroatoms. The van der Waals surface area contributed by atoms with Crippen molar-refractivity contribution in [3.05, 3.63) is 70.4 Å². The Morgan fingerprint density at radius 1 is 1.06 bits per heavy atom. The first-order chi connectivity index (χ1) is 16.6. The average Bonchev–Trinajstić information content (AvgIpc) is 2.80. The van der Waals surface area contributed by atoms with Crippen LogP contribution >= 0.6 is 0 Å². The Bertz CT molecular complexity index is 1490.